The van der Waals surface area contributed by atoms with E-state index in [1.807, 2.05) is 37.8 Å². The molecule has 1 saturated carbocycles. The van der Waals surface area contributed by atoms with Crippen LogP contribution in [-0.4, -0.2) is 63.6 Å². The number of aromatic amines is 1. The van der Waals surface area contributed by atoms with Gasteiger partial charge in [-0.25, -0.2) is 9.78 Å². The SMILES string of the molecule is CC(C)(C)OC(=O)N1CCOC[C@@H]1[C@H]1CCC[C@@H]1NCc1cccc(-c2ncn[nH]2)c1. The Bertz CT molecular complexity index is 864. The van der Waals surface area contributed by atoms with Crippen molar-refractivity contribution in [3.8, 4) is 11.4 Å². The van der Waals surface area contributed by atoms with E-state index in [1.165, 1.54) is 11.9 Å². The van der Waals surface area contributed by atoms with Crippen LogP contribution in [0, 0.1) is 5.92 Å². The third kappa shape index (κ3) is 5.43. The lowest BCUT2D eigenvalue weighted by atomic mass is 9.92. The van der Waals surface area contributed by atoms with E-state index in [1.54, 1.807) is 0 Å². The highest BCUT2D eigenvalue weighted by Gasteiger charge is 2.41. The molecule has 1 aromatic heterocycles. The van der Waals surface area contributed by atoms with E-state index >= 15 is 0 Å². The van der Waals surface area contributed by atoms with Crippen molar-refractivity contribution in [2.45, 2.75) is 64.3 Å². The molecule has 0 radical (unpaired) electrons. The molecule has 168 valence electrons. The van der Waals surface area contributed by atoms with Crippen molar-refractivity contribution >= 4 is 6.09 Å². The number of carbonyl (C=O) groups is 1. The highest BCUT2D eigenvalue weighted by molar-refractivity contribution is 5.68. The fraction of sp³-hybridized carbons (Fsp3) is 0.609. The number of rotatable bonds is 5. The Labute approximate surface area is 183 Å². The fourth-order valence-corrected chi connectivity index (χ4v) is 4.65. The van der Waals surface area contributed by atoms with Crippen molar-refractivity contribution in [2.24, 2.45) is 5.92 Å². The summed E-state index contributed by atoms with van der Waals surface area (Å²) in [4.78, 5) is 19.0. The Hall–Kier alpha value is -2.45. The van der Waals surface area contributed by atoms with Gasteiger partial charge in [0.2, 0.25) is 0 Å². The number of hydrogen-bond donors (Lipinski definition) is 2. The van der Waals surface area contributed by atoms with Gasteiger partial charge in [0.05, 0.1) is 19.3 Å². The molecule has 1 aliphatic heterocycles. The van der Waals surface area contributed by atoms with Gasteiger partial charge in [-0.05, 0) is 51.2 Å². The van der Waals surface area contributed by atoms with Gasteiger partial charge in [0.25, 0.3) is 0 Å². The van der Waals surface area contributed by atoms with Gasteiger partial charge in [-0.3, -0.25) is 5.10 Å². The van der Waals surface area contributed by atoms with Crippen molar-refractivity contribution in [1.29, 1.82) is 0 Å². The van der Waals surface area contributed by atoms with E-state index in [9.17, 15) is 4.79 Å². The molecule has 1 saturated heterocycles. The molecule has 1 aromatic carbocycles. The molecule has 8 nitrogen and oxygen atoms in total. The molecule has 1 aliphatic carbocycles. The van der Waals surface area contributed by atoms with E-state index in [2.05, 4.69) is 32.6 Å². The van der Waals surface area contributed by atoms with Gasteiger partial charge in [-0.1, -0.05) is 24.6 Å². The van der Waals surface area contributed by atoms with Gasteiger partial charge >= 0.3 is 6.09 Å². The smallest absolute Gasteiger partial charge is 0.410 e. The molecular weight excluding hydrogens is 394 g/mol. The molecule has 3 atom stereocenters. The second kappa shape index (κ2) is 9.36. The van der Waals surface area contributed by atoms with Crippen molar-refractivity contribution in [1.82, 2.24) is 25.4 Å². The molecule has 31 heavy (non-hydrogen) atoms. The summed E-state index contributed by atoms with van der Waals surface area (Å²) in [5.74, 6) is 1.12. The lowest BCUT2D eigenvalue weighted by Gasteiger charge is -2.41. The Balaban J connectivity index is 1.41. The molecule has 2 fully saturated rings. The summed E-state index contributed by atoms with van der Waals surface area (Å²) in [7, 11) is 0. The average Bonchev–Trinajstić information content (AvgIpc) is 3.43. The number of hydrogen-bond acceptors (Lipinski definition) is 6. The zero-order valence-electron chi connectivity index (χ0n) is 18.6. The Kier molecular flexibility index (Phi) is 6.57. The topological polar surface area (TPSA) is 92.4 Å². The Morgan fingerprint density at radius 3 is 3.00 bits per heavy atom. The summed E-state index contributed by atoms with van der Waals surface area (Å²) in [6.07, 6.45) is 4.63. The lowest BCUT2D eigenvalue weighted by Crippen LogP contribution is -2.56. The minimum atomic E-state index is -0.498. The summed E-state index contributed by atoms with van der Waals surface area (Å²) in [6, 6.07) is 8.71. The third-order valence-electron chi connectivity index (χ3n) is 6.04. The first-order valence-electron chi connectivity index (χ1n) is 11.2. The van der Waals surface area contributed by atoms with Crippen molar-refractivity contribution in [2.75, 3.05) is 19.8 Å². The average molecular weight is 428 g/mol. The normalized spacial score (nSPS) is 24.4. The summed E-state index contributed by atoms with van der Waals surface area (Å²) in [5.41, 5.74) is 1.72. The highest BCUT2D eigenvalue weighted by Crippen LogP contribution is 2.33. The number of morpholine rings is 1. The van der Waals surface area contributed by atoms with Gasteiger partial charge in [0.15, 0.2) is 5.82 Å². The van der Waals surface area contributed by atoms with E-state index in [4.69, 9.17) is 9.47 Å². The summed E-state index contributed by atoms with van der Waals surface area (Å²) in [6.45, 7) is 8.22. The number of nitrogens with zero attached hydrogens (tertiary/aromatic N) is 3. The van der Waals surface area contributed by atoms with Crippen LogP contribution < -0.4 is 5.32 Å². The van der Waals surface area contributed by atoms with E-state index in [-0.39, 0.29) is 12.1 Å². The second-order valence-electron chi connectivity index (χ2n) is 9.43. The number of amides is 1. The number of H-pyrrole nitrogens is 1. The standard InChI is InChI=1S/C23H33N5O3/c1-23(2,3)31-22(29)28-10-11-30-14-20(28)18-8-5-9-19(18)24-13-16-6-4-7-17(12-16)21-25-15-26-27-21/h4,6-7,12,15,18-20,24H,5,8-11,13-14H2,1-3H3,(H,25,26,27)/t18-,19-,20+/m0/s1. The molecule has 1 amide bonds. The van der Waals surface area contributed by atoms with Gasteiger partial charge in [-0.15, -0.1) is 0 Å². The maximum absolute atomic E-state index is 12.8. The fourth-order valence-electron chi connectivity index (χ4n) is 4.65. The van der Waals surface area contributed by atoms with Crippen LogP contribution in [0.5, 0.6) is 0 Å². The number of nitrogens with one attached hydrogen (secondary N) is 2. The number of ether oxygens (including phenoxy) is 2. The Morgan fingerprint density at radius 1 is 1.35 bits per heavy atom. The largest absolute Gasteiger partial charge is 0.444 e. The van der Waals surface area contributed by atoms with Gasteiger partial charge in [0.1, 0.15) is 11.9 Å². The Morgan fingerprint density at radius 2 is 2.23 bits per heavy atom. The van der Waals surface area contributed by atoms with Gasteiger partial charge < -0.3 is 19.7 Å². The summed E-state index contributed by atoms with van der Waals surface area (Å²) < 4.78 is 11.5. The van der Waals surface area contributed by atoms with Crippen LogP contribution in [0.4, 0.5) is 4.79 Å². The minimum Gasteiger partial charge on any atom is -0.444 e. The number of aromatic nitrogens is 3. The van der Waals surface area contributed by atoms with Gasteiger partial charge in [0, 0.05) is 24.7 Å². The molecule has 2 aliphatic rings. The summed E-state index contributed by atoms with van der Waals surface area (Å²) in [5, 5.41) is 10.6. The molecule has 0 unspecified atom stereocenters. The third-order valence-corrected chi connectivity index (χ3v) is 6.04. The number of benzene rings is 1. The predicted molar refractivity (Wildman–Crippen MR) is 117 cm³/mol. The van der Waals surface area contributed by atoms with Crippen LogP contribution in [0.15, 0.2) is 30.6 Å². The number of carbonyl (C=O) groups excluding carboxylic acids is 1. The molecule has 2 heterocycles. The van der Waals surface area contributed by atoms with Crippen LogP contribution in [0.2, 0.25) is 0 Å². The zero-order chi connectivity index (χ0) is 21.8. The van der Waals surface area contributed by atoms with Crippen LogP contribution in [0.1, 0.15) is 45.6 Å². The highest BCUT2D eigenvalue weighted by atomic mass is 16.6. The van der Waals surface area contributed by atoms with Crippen molar-refractivity contribution in [3.05, 3.63) is 36.2 Å². The van der Waals surface area contributed by atoms with Crippen LogP contribution in [0.3, 0.4) is 0 Å². The van der Waals surface area contributed by atoms with Crippen molar-refractivity contribution < 1.29 is 14.3 Å². The first-order chi connectivity index (χ1) is 14.9. The molecular formula is C23H33N5O3. The molecule has 8 heteroatoms. The lowest BCUT2D eigenvalue weighted by molar-refractivity contribution is -0.0487. The molecule has 0 spiro atoms. The summed E-state index contributed by atoms with van der Waals surface area (Å²) >= 11 is 0. The van der Waals surface area contributed by atoms with Crippen LogP contribution in [0.25, 0.3) is 11.4 Å². The predicted octanol–water partition coefficient (Wildman–Crippen LogP) is 3.37. The van der Waals surface area contributed by atoms with Crippen LogP contribution >= 0.6 is 0 Å². The van der Waals surface area contributed by atoms with E-state index in [0.29, 0.717) is 31.7 Å². The first-order valence-corrected chi connectivity index (χ1v) is 11.2. The maximum Gasteiger partial charge on any atom is 0.410 e. The van der Waals surface area contributed by atoms with E-state index in [0.717, 1.165) is 37.2 Å². The molecule has 2 aromatic rings. The van der Waals surface area contributed by atoms with Gasteiger partial charge in [-0.2, -0.15) is 5.10 Å². The minimum absolute atomic E-state index is 0.0455. The van der Waals surface area contributed by atoms with Crippen molar-refractivity contribution in [3.63, 3.8) is 0 Å². The van der Waals surface area contributed by atoms with Crippen LogP contribution in [-0.2, 0) is 16.0 Å². The second-order valence-corrected chi connectivity index (χ2v) is 9.43. The van der Waals surface area contributed by atoms with E-state index < -0.39 is 5.60 Å². The monoisotopic (exact) mass is 427 g/mol. The molecule has 2 N–H and O–H groups in total. The maximum atomic E-state index is 12.8. The molecule has 4 rings (SSSR count). The first kappa shape index (κ1) is 21.8. The zero-order valence-corrected chi connectivity index (χ0v) is 18.6. The molecule has 0 bridgehead atoms. The quantitative estimate of drug-likeness (QED) is 0.760.